The first-order chi connectivity index (χ1) is 14.9. The van der Waals surface area contributed by atoms with Crippen LogP contribution in [-0.4, -0.2) is 114 Å². The average molecular weight is 461 g/mol. The molecule has 4 saturated heterocycles. The topological polar surface area (TPSA) is 136 Å². The monoisotopic (exact) mass is 460 g/mol. The van der Waals surface area contributed by atoms with Crippen molar-refractivity contribution in [3.8, 4) is 0 Å². The molecule has 0 amide bonds. The number of nitrogens with one attached hydrogen (secondary N) is 5. The Morgan fingerprint density at radius 3 is 2.74 bits per heavy atom. The van der Waals surface area contributed by atoms with Gasteiger partial charge in [0.15, 0.2) is 0 Å². The smallest absolute Gasteiger partial charge is 0.217 e. The quantitative estimate of drug-likeness (QED) is 0.211. The van der Waals surface area contributed by atoms with Gasteiger partial charge < -0.3 is 26.0 Å². The molecule has 7 N–H and O–H groups in total. The van der Waals surface area contributed by atoms with E-state index in [1.807, 2.05) is 12.1 Å². The number of likely N-dealkylation sites (tertiary alicyclic amines) is 1. The van der Waals surface area contributed by atoms with E-state index in [1.54, 1.807) is 7.11 Å². The van der Waals surface area contributed by atoms with Crippen molar-refractivity contribution in [2.24, 2.45) is 11.7 Å². The van der Waals surface area contributed by atoms with Crippen LogP contribution in [0, 0.1) is 5.92 Å². The summed E-state index contributed by atoms with van der Waals surface area (Å²) in [5, 5.41) is 11.5. The van der Waals surface area contributed by atoms with E-state index in [0.29, 0.717) is 18.5 Å². The lowest BCUT2D eigenvalue weighted by atomic mass is 9.90. The maximum Gasteiger partial charge on any atom is 0.217 e. The van der Waals surface area contributed by atoms with Gasteiger partial charge in [0.2, 0.25) is 10.0 Å². The van der Waals surface area contributed by atoms with Crippen molar-refractivity contribution in [2.75, 3.05) is 60.0 Å². The molecule has 12 heteroatoms. The van der Waals surface area contributed by atoms with E-state index in [-0.39, 0.29) is 25.0 Å². The van der Waals surface area contributed by atoms with E-state index < -0.39 is 21.3 Å². The second kappa shape index (κ2) is 10.2. The molecule has 0 spiro atoms. The molecule has 180 valence electrons. The van der Waals surface area contributed by atoms with Crippen LogP contribution in [0.15, 0.2) is 0 Å². The van der Waals surface area contributed by atoms with Crippen molar-refractivity contribution in [1.29, 1.82) is 0 Å². The van der Waals surface area contributed by atoms with E-state index in [2.05, 4.69) is 31.0 Å². The number of methoxy groups -OCH3 is 1. The summed E-state index contributed by atoms with van der Waals surface area (Å²) >= 11 is 0. The number of rotatable bonds is 9. The van der Waals surface area contributed by atoms with Gasteiger partial charge in [-0.25, -0.2) is 18.1 Å². The molecular formula is C19H40N8O3S. The van der Waals surface area contributed by atoms with Crippen molar-refractivity contribution in [1.82, 2.24) is 36.0 Å². The largest absolute Gasteiger partial charge is 0.365 e. The average Bonchev–Trinajstić information content (AvgIpc) is 3.08. The molecule has 0 aromatic heterocycles. The van der Waals surface area contributed by atoms with Gasteiger partial charge in [-0.3, -0.25) is 10.7 Å². The number of fused-ring (bicyclic) bond motifs is 1. The number of likely N-dealkylation sites (N-methyl/N-ethyl adjacent to an activating group) is 1. The second-order valence-corrected chi connectivity index (χ2v) is 11.3. The molecule has 31 heavy (non-hydrogen) atoms. The minimum absolute atomic E-state index is 0.0182. The summed E-state index contributed by atoms with van der Waals surface area (Å²) in [4.78, 5) is 2.53. The summed E-state index contributed by atoms with van der Waals surface area (Å²) in [6, 6.07) is 0.202. The Labute approximate surface area is 186 Å². The summed E-state index contributed by atoms with van der Waals surface area (Å²) in [5.74, 6) is 0.309. The van der Waals surface area contributed by atoms with E-state index in [1.165, 1.54) is 19.5 Å². The zero-order valence-electron chi connectivity index (χ0n) is 18.7. The van der Waals surface area contributed by atoms with E-state index >= 15 is 0 Å². The van der Waals surface area contributed by atoms with Gasteiger partial charge in [-0.1, -0.05) is 0 Å². The third-order valence-electron chi connectivity index (χ3n) is 7.44. The van der Waals surface area contributed by atoms with Crippen LogP contribution in [0.5, 0.6) is 0 Å². The van der Waals surface area contributed by atoms with E-state index in [0.717, 1.165) is 32.5 Å². The SMILES string of the molecule is COC1NCC2CNN(C)C2C1NS(=O)(=O)C(CN)CNC1CC(N2CCC2)CCN1. The van der Waals surface area contributed by atoms with E-state index in [9.17, 15) is 8.42 Å². The van der Waals surface area contributed by atoms with Gasteiger partial charge in [-0.15, -0.1) is 0 Å². The molecule has 7 atom stereocenters. The molecule has 0 saturated carbocycles. The van der Waals surface area contributed by atoms with Crippen molar-refractivity contribution < 1.29 is 13.2 Å². The molecule has 0 radical (unpaired) electrons. The van der Waals surface area contributed by atoms with Crippen molar-refractivity contribution in [3.05, 3.63) is 0 Å². The molecule has 0 aliphatic carbocycles. The molecule has 0 bridgehead atoms. The molecule has 0 aromatic carbocycles. The Hall–Kier alpha value is -0.410. The number of hydrogen-bond acceptors (Lipinski definition) is 10. The summed E-state index contributed by atoms with van der Waals surface area (Å²) < 4.78 is 35.1. The summed E-state index contributed by atoms with van der Waals surface area (Å²) in [5.41, 5.74) is 9.24. The molecular weight excluding hydrogens is 420 g/mol. The van der Waals surface area contributed by atoms with Gasteiger partial charge in [0, 0.05) is 58.3 Å². The number of hydrazine groups is 1. The van der Waals surface area contributed by atoms with Crippen molar-refractivity contribution in [3.63, 3.8) is 0 Å². The zero-order chi connectivity index (χ0) is 22.0. The highest BCUT2D eigenvalue weighted by Gasteiger charge is 2.47. The van der Waals surface area contributed by atoms with E-state index in [4.69, 9.17) is 10.5 Å². The highest BCUT2D eigenvalue weighted by molar-refractivity contribution is 7.90. The molecule has 0 aromatic rings. The standard InChI is InChI=1S/C19H40N8O3S/c1-26-18-13(11-24-26)10-23-19(30-2)17(18)25-31(28,29)15(9-20)12-22-16-8-14(4-5-21-16)27-6-3-7-27/h13-19,21-25H,3-12,20H2,1-2H3. The number of piperidine rings is 2. The van der Waals surface area contributed by atoms with Crippen molar-refractivity contribution >= 4 is 10.0 Å². The molecule has 4 heterocycles. The van der Waals surface area contributed by atoms with Crippen LogP contribution in [0.3, 0.4) is 0 Å². The van der Waals surface area contributed by atoms with Gasteiger partial charge in [0.1, 0.15) is 11.5 Å². The highest BCUT2D eigenvalue weighted by atomic mass is 32.2. The number of sulfonamides is 1. The second-order valence-electron chi connectivity index (χ2n) is 9.32. The van der Waals surface area contributed by atoms with Gasteiger partial charge in [-0.05, 0) is 38.9 Å². The number of nitrogens with zero attached hydrogens (tertiary/aromatic N) is 2. The van der Waals surface area contributed by atoms with Crippen LogP contribution in [0.1, 0.15) is 19.3 Å². The Balaban J connectivity index is 1.36. The zero-order valence-corrected chi connectivity index (χ0v) is 19.5. The summed E-state index contributed by atoms with van der Waals surface area (Å²) in [6.45, 7) is 5.29. The fourth-order valence-electron chi connectivity index (χ4n) is 5.44. The normalized spacial score (nSPS) is 38.5. The first-order valence-electron chi connectivity index (χ1n) is 11.6. The van der Waals surface area contributed by atoms with Crippen LogP contribution >= 0.6 is 0 Å². The fourth-order valence-corrected chi connectivity index (χ4v) is 6.84. The first kappa shape index (κ1) is 23.7. The molecule has 4 rings (SSSR count). The third kappa shape index (κ3) is 5.24. The number of ether oxygens (including phenoxy) is 1. The van der Waals surface area contributed by atoms with Gasteiger partial charge in [0.25, 0.3) is 0 Å². The third-order valence-corrected chi connectivity index (χ3v) is 9.28. The van der Waals surface area contributed by atoms with Crippen LogP contribution in [0.4, 0.5) is 0 Å². The Morgan fingerprint density at radius 2 is 2.06 bits per heavy atom. The van der Waals surface area contributed by atoms with Crippen LogP contribution in [-0.2, 0) is 14.8 Å². The predicted molar refractivity (Wildman–Crippen MR) is 120 cm³/mol. The molecule has 4 aliphatic rings. The molecule has 11 nitrogen and oxygen atoms in total. The summed E-state index contributed by atoms with van der Waals surface area (Å²) in [7, 11) is -0.0937. The van der Waals surface area contributed by atoms with Gasteiger partial charge in [0.05, 0.1) is 12.2 Å². The number of nitrogens with two attached hydrogens (primary N) is 1. The fraction of sp³-hybridized carbons (Fsp3) is 1.00. The lowest BCUT2D eigenvalue weighted by molar-refractivity contribution is -0.0106. The minimum Gasteiger partial charge on any atom is -0.365 e. The van der Waals surface area contributed by atoms with Crippen LogP contribution in [0.25, 0.3) is 0 Å². The maximum absolute atomic E-state index is 13.3. The van der Waals surface area contributed by atoms with Crippen molar-refractivity contribution in [2.45, 2.75) is 55.0 Å². The Morgan fingerprint density at radius 1 is 1.26 bits per heavy atom. The van der Waals surface area contributed by atoms with Gasteiger partial charge >= 0.3 is 0 Å². The molecule has 7 unspecified atom stereocenters. The minimum atomic E-state index is -3.65. The first-order valence-corrected chi connectivity index (χ1v) is 13.1. The molecule has 4 fully saturated rings. The lowest BCUT2D eigenvalue weighted by Crippen LogP contribution is -2.67. The maximum atomic E-state index is 13.3. The Bertz CT molecular complexity index is 694. The number of hydrogen-bond donors (Lipinski definition) is 6. The summed E-state index contributed by atoms with van der Waals surface area (Å²) in [6.07, 6.45) is 3.15. The van der Waals surface area contributed by atoms with Crippen LogP contribution in [0.2, 0.25) is 0 Å². The predicted octanol–water partition coefficient (Wildman–Crippen LogP) is -3.01. The highest BCUT2D eigenvalue weighted by Crippen LogP contribution is 2.25. The Kier molecular flexibility index (Phi) is 7.84. The molecule has 4 aliphatic heterocycles. The van der Waals surface area contributed by atoms with Gasteiger partial charge in [-0.2, -0.15) is 0 Å². The van der Waals surface area contributed by atoms with Crippen LogP contribution < -0.4 is 31.8 Å². The lowest BCUT2D eigenvalue weighted by Gasteiger charge is -2.43.